The zero-order valence-corrected chi connectivity index (χ0v) is 17.9. The Morgan fingerprint density at radius 2 is 2.21 bits per heavy atom. The van der Waals surface area contributed by atoms with E-state index in [1.165, 1.54) is 11.1 Å². The zero-order chi connectivity index (χ0) is 20.5. The summed E-state index contributed by atoms with van der Waals surface area (Å²) in [6, 6.07) is 2.03. The van der Waals surface area contributed by atoms with Crippen LogP contribution in [0.5, 0.6) is 17.2 Å². The highest BCUT2D eigenvalue weighted by Crippen LogP contribution is 2.50. The van der Waals surface area contributed by atoms with Gasteiger partial charge in [0.1, 0.15) is 0 Å². The number of allylic oxidation sites excluding steroid dienone is 4. The average Bonchev–Trinajstić information content (AvgIpc) is 3.16. The Hall–Kier alpha value is -2.27. The van der Waals surface area contributed by atoms with Crippen LogP contribution in [0.1, 0.15) is 50.3 Å². The molecule has 2 heterocycles. The number of methoxy groups -OCH3 is 1. The molecule has 5 nitrogen and oxygen atoms in total. The lowest BCUT2D eigenvalue weighted by Gasteiger charge is -2.35. The normalized spacial score (nSPS) is 26.3. The maximum atomic E-state index is 12.9. The Balaban J connectivity index is 1.55. The first-order chi connectivity index (χ1) is 14.0. The summed E-state index contributed by atoms with van der Waals surface area (Å²) in [6.07, 6.45) is 9.72. The van der Waals surface area contributed by atoms with Crippen LogP contribution in [0.4, 0.5) is 0 Å². The fraction of sp³-hybridized carbons (Fsp3) is 0.542. The second-order valence-corrected chi connectivity index (χ2v) is 8.62. The summed E-state index contributed by atoms with van der Waals surface area (Å²) in [5.41, 5.74) is 3.71. The van der Waals surface area contributed by atoms with E-state index < -0.39 is 0 Å². The average molecular weight is 398 g/mol. The van der Waals surface area contributed by atoms with Gasteiger partial charge in [0.15, 0.2) is 17.3 Å². The number of benzene rings is 1. The second-order valence-electron chi connectivity index (χ2n) is 8.62. The van der Waals surface area contributed by atoms with Crippen LogP contribution >= 0.6 is 0 Å². The van der Waals surface area contributed by atoms with E-state index in [0.29, 0.717) is 29.8 Å². The quantitative estimate of drug-likeness (QED) is 0.542. The van der Waals surface area contributed by atoms with E-state index in [1.807, 2.05) is 0 Å². The predicted molar refractivity (Wildman–Crippen MR) is 113 cm³/mol. The number of nitrogens with zero attached hydrogens (tertiary/aromatic N) is 1. The number of rotatable bonds is 5. The molecular formula is C24H31NO4. The van der Waals surface area contributed by atoms with Crippen molar-refractivity contribution in [2.75, 3.05) is 27.5 Å². The number of likely N-dealkylation sites (N-methyl/N-ethyl adjacent to an activating group) is 1. The molecule has 3 atom stereocenters. The van der Waals surface area contributed by atoms with E-state index in [1.54, 1.807) is 13.2 Å². The number of hydrogen-bond donors (Lipinski definition) is 0. The lowest BCUT2D eigenvalue weighted by molar-refractivity contribution is -0.115. The Morgan fingerprint density at radius 3 is 2.97 bits per heavy atom. The molecule has 1 aliphatic carbocycles. The van der Waals surface area contributed by atoms with Crippen molar-refractivity contribution in [2.24, 2.45) is 11.8 Å². The topological polar surface area (TPSA) is 48.0 Å². The zero-order valence-electron chi connectivity index (χ0n) is 17.9. The third-order valence-electron chi connectivity index (χ3n) is 6.58. The summed E-state index contributed by atoms with van der Waals surface area (Å²) < 4.78 is 17.0. The van der Waals surface area contributed by atoms with E-state index in [-0.39, 0.29) is 18.6 Å². The Labute approximate surface area is 173 Å². The van der Waals surface area contributed by atoms with Crippen molar-refractivity contribution in [3.05, 3.63) is 41.0 Å². The first-order valence-corrected chi connectivity index (χ1v) is 10.5. The minimum atomic E-state index is -0.0220. The molecule has 0 aromatic heterocycles. The molecule has 156 valence electrons. The molecule has 0 saturated carbocycles. The lowest BCUT2D eigenvalue weighted by atomic mass is 9.81. The van der Waals surface area contributed by atoms with Crippen molar-refractivity contribution in [1.29, 1.82) is 0 Å². The number of hydrogen-bond acceptors (Lipinski definition) is 5. The van der Waals surface area contributed by atoms with Crippen molar-refractivity contribution in [1.82, 2.24) is 4.90 Å². The van der Waals surface area contributed by atoms with Gasteiger partial charge in [-0.05, 0) is 62.8 Å². The molecule has 1 aromatic rings. The summed E-state index contributed by atoms with van der Waals surface area (Å²) in [5.74, 6) is 3.31. The number of carbonyl (C=O) groups excluding carboxylic acids is 1. The Bertz CT molecular complexity index is 857. The van der Waals surface area contributed by atoms with Crippen molar-refractivity contribution in [3.8, 4) is 17.2 Å². The first-order valence-electron chi connectivity index (χ1n) is 10.5. The fourth-order valence-corrected chi connectivity index (χ4v) is 4.85. The lowest BCUT2D eigenvalue weighted by Crippen LogP contribution is -2.33. The number of ketones is 1. The highest BCUT2D eigenvalue weighted by molar-refractivity contribution is 5.90. The summed E-state index contributed by atoms with van der Waals surface area (Å²) in [4.78, 5) is 15.1. The molecule has 29 heavy (non-hydrogen) atoms. The molecule has 5 heteroatoms. The van der Waals surface area contributed by atoms with E-state index in [2.05, 4.69) is 44.0 Å². The molecule has 0 radical (unpaired) electrons. The van der Waals surface area contributed by atoms with Crippen LogP contribution < -0.4 is 14.2 Å². The van der Waals surface area contributed by atoms with Gasteiger partial charge in [-0.15, -0.1) is 0 Å². The molecule has 3 aliphatic rings. The van der Waals surface area contributed by atoms with Crippen molar-refractivity contribution in [3.63, 3.8) is 0 Å². The molecule has 4 rings (SSSR count). The summed E-state index contributed by atoms with van der Waals surface area (Å²) in [7, 11) is 3.73. The van der Waals surface area contributed by atoms with Gasteiger partial charge in [0.2, 0.25) is 12.5 Å². The highest BCUT2D eigenvalue weighted by atomic mass is 16.7. The largest absolute Gasteiger partial charge is 0.492 e. The van der Waals surface area contributed by atoms with Crippen LogP contribution in [0.2, 0.25) is 0 Å². The third kappa shape index (κ3) is 3.93. The van der Waals surface area contributed by atoms with E-state index in [4.69, 9.17) is 14.2 Å². The summed E-state index contributed by atoms with van der Waals surface area (Å²) in [5, 5.41) is 0. The number of ether oxygens (including phenoxy) is 3. The van der Waals surface area contributed by atoms with Crippen LogP contribution in [0.15, 0.2) is 29.9 Å². The SMILES string of the molecule is COc1c2c(cc3c1[C@H](CC(=O)/C=C/[C@@H]1CC=C(C)C[C@H]1C)N(C)CC3)OCO2. The minimum absolute atomic E-state index is 0.0220. The molecule has 0 bridgehead atoms. The monoisotopic (exact) mass is 397 g/mol. The van der Waals surface area contributed by atoms with E-state index >= 15 is 0 Å². The predicted octanol–water partition coefficient (Wildman–Crippen LogP) is 4.46. The Kier molecular flexibility index (Phi) is 5.68. The minimum Gasteiger partial charge on any atom is -0.492 e. The van der Waals surface area contributed by atoms with Gasteiger partial charge in [0, 0.05) is 24.6 Å². The van der Waals surface area contributed by atoms with Gasteiger partial charge in [0.25, 0.3) is 0 Å². The van der Waals surface area contributed by atoms with Gasteiger partial charge in [-0.2, -0.15) is 0 Å². The molecule has 2 aliphatic heterocycles. The first kappa shape index (κ1) is 20.0. The van der Waals surface area contributed by atoms with Crippen LogP contribution in [-0.2, 0) is 11.2 Å². The molecule has 0 saturated heterocycles. The van der Waals surface area contributed by atoms with Crippen molar-refractivity contribution < 1.29 is 19.0 Å². The number of carbonyl (C=O) groups is 1. The molecular weight excluding hydrogens is 366 g/mol. The van der Waals surface area contributed by atoms with Gasteiger partial charge in [-0.25, -0.2) is 0 Å². The molecule has 0 amide bonds. The standard InChI is InChI=1S/C24H31NO4/c1-15-5-6-17(16(2)11-15)7-8-19(26)13-20-22-18(9-10-25(20)3)12-21-23(24(22)27-4)29-14-28-21/h5,7-8,12,16-17,20H,6,9-11,13-14H2,1-4H3/b8-7+/t16-,17+,20+/m1/s1. The molecule has 1 aromatic carbocycles. The maximum Gasteiger partial charge on any atom is 0.231 e. The third-order valence-corrected chi connectivity index (χ3v) is 6.58. The number of fused-ring (bicyclic) bond motifs is 2. The van der Waals surface area contributed by atoms with Crippen molar-refractivity contribution >= 4 is 5.78 Å². The molecule has 0 unspecified atom stereocenters. The second kappa shape index (κ2) is 8.23. The van der Waals surface area contributed by atoms with E-state index in [9.17, 15) is 4.79 Å². The van der Waals surface area contributed by atoms with E-state index in [0.717, 1.165) is 37.1 Å². The molecule has 0 N–H and O–H groups in total. The van der Waals surface area contributed by atoms with Crippen LogP contribution in [-0.4, -0.2) is 38.2 Å². The fourth-order valence-electron chi connectivity index (χ4n) is 4.85. The van der Waals surface area contributed by atoms with Crippen LogP contribution in [0, 0.1) is 11.8 Å². The van der Waals surface area contributed by atoms with Crippen LogP contribution in [0.25, 0.3) is 0 Å². The van der Waals surface area contributed by atoms with Gasteiger partial charge in [0.05, 0.1) is 7.11 Å². The van der Waals surface area contributed by atoms with Gasteiger partial charge >= 0.3 is 0 Å². The van der Waals surface area contributed by atoms with Gasteiger partial charge < -0.3 is 14.2 Å². The summed E-state index contributed by atoms with van der Waals surface area (Å²) in [6.45, 7) is 5.58. The highest BCUT2D eigenvalue weighted by Gasteiger charge is 2.34. The van der Waals surface area contributed by atoms with Gasteiger partial charge in [-0.1, -0.05) is 24.6 Å². The maximum absolute atomic E-state index is 12.9. The van der Waals surface area contributed by atoms with Crippen LogP contribution in [0.3, 0.4) is 0 Å². The molecule has 0 spiro atoms. The van der Waals surface area contributed by atoms with Crippen molar-refractivity contribution in [2.45, 2.75) is 45.6 Å². The smallest absolute Gasteiger partial charge is 0.231 e. The molecule has 0 fully saturated rings. The summed E-state index contributed by atoms with van der Waals surface area (Å²) >= 11 is 0. The Morgan fingerprint density at radius 1 is 1.38 bits per heavy atom. The van der Waals surface area contributed by atoms with Gasteiger partial charge in [-0.3, -0.25) is 9.69 Å².